The number of rotatable bonds is 3. The van der Waals surface area contributed by atoms with E-state index in [1.165, 1.54) is 4.90 Å². The van der Waals surface area contributed by atoms with Gasteiger partial charge in [-0.05, 0) is 42.7 Å². The van der Waals surface area contributed by atoms with E-state index in [9.17, 15) is 14.4 Å². The summed E-state index contributed by atoms with van der Waals surface area (Å²) in [5.74, 6) is -0.243. The summed E-state index contributed by atoms with van der Waals surface area (Å²) in [7, 11) is 1.67. The summed E-state index contributed by atoms with van der Waals surface area (Å²) in [5, 5.41) is 0.567. The van der Waals surface area contributed by atoms with Crippen LogP contribution in [0.5, 0.6) is 0 Å². The van der Waals surface area contributed by atoms with Crippen LogP contribution >= 0.6 is 11.6 Å². The summed E-state index contributed by atoms with van der Waals surface area (Å²) in [6, 6.07) is 16.0. The monoisotopic (exact) mass is 411 g/mol. The van der Waals surface area contributed by atoms with Gasteiger partial charge in [0.1, 0.15) is 5.54 Å². The van der Waals surface area contributed by atoms with E-state index >= 15 is 0 Å². The number of carbonyl (C=O) groups is 3. The summed E-state index contributed by atoms with van der Waals surface area (Å²) in [6.45, 7) is 1.06. The molecule has 2 aliphatic rings. The molecule has 7 heteroatoms. The minimum Gasteiger partial charge on any atom is -0.338 e. The summed E-state index contributed by atoms with van der Waals surface area (Å²) >= 11 is 6.03. The molecule has 4 amide bonds. The molecule has 0 bridgehead atoms. The van der Waals surface area contributed by atoms with Crippen molar-refractivity contribution in [1.82, 2.24) is 14.7 Å². The van der Waals surface area contributed by atoms with E-state index in [0.29, 0.717) is 36.5 Å². The minimum absolute atomic E-state index is 0.0457. The van der Waals surface area contributed by atoms with E-state index in [4.69, 9.17) is 11.6 Å². The number of amides is 4. The zero-order chi connectivity index (χ0) is 20.6. The summed E-state index contributed by atoms with van der Waals surface area (Å²) in [4.78, 5) is 43.4. The number of likely N-dealkylation sites (tertiary alicyclic amines) is 1. The molecule has 150 valence electrons. The normalized spacial score (nSPS) is 18.6. The van der Waals surface area contributed by atoms with Gasteiger partial charge in [0.05, 0.1) is 6.54 Å². The summed E-state index contributed by atoms with van der Waals surface area (Å²) in [6.07, 6.45) is 0.859. The molecule has 2 aromatic rings. The lowest BCUT2D eigenvalue weighted by Crippen LogP contribution is -2.56. The Labute approximate surface area is 174 Å². The van der Waals surface area contributed by atoms with Gasteiger partial charge >= 0.3 is 6.03 Å². The van der Waals surface area contributed by atoms with Gasteiger partial charge in [-0.25, -0.2) is 4.79 Å². The highest BCUT2D eigenvalue weighted by atomic mass is 35.5. The first-order chi connectivity index (χ1) is 13.9. The number of hydrogen-bond donors (Lipinski definition) is 0. The number of piperidine rings is 1. The highest BCUT2D eigenvalue weighted by molar-refractivity contribution is 6.30. The van der Waals surface area contributed by atoms with Crippen LogP contribution in [0.1, 0.15) is 28.8 Å². The maximum atomic E-state index is 13.3. The molecule has 4 rings (SSSR count). The Morgan fingerprint density at radius 2 is 1.72 bits per heavy atom. The molecule has 29 heavy (non-hydrogen) atoms. The van der Waals surface area contributed by atoms with Crippen LogP contribution in [0.15, 0.2) is 54.6 Å². The third kappa shape index (κ3) is 3.38. The second-order valence-corrected chi connectivity index (χ2v) is 7.99. The van der Waals surface area contributed by atoms with Gasteiger partial charge < -0.3 is 9.80 Å². The number of likely N-dealkylation sites (N-methyl/N-ethyl adjacent to an activating group) is 1. The second kappa shape index (κ2) is 7.52. The first-order valence-corrected chi connectivity index (χ1v) is 9.99. The Morgan fingerprint density at radius 3 is 2.38 bits per heavy atom. The summed E-state index contributed by atoms with van der Waals surface area (Å²) < 4.78 is 0. The average Bonchev–Trinajstić information content (AvgIpc) is 2.91. The molecule has 0 radical (unpaired) electrons. The Bertz CT molecular complexity index is 955. The van der Waals surface area contributed by atoms with Crippen LogP contribution in [-0.2, 0) is 11.3 Å². The van der Waals surface area contributed by atoms with Crippen LogP contribution < -0.4 is 0 Å². The third-order valence-electron chi connectivity index (χ3n) is 5.93. The quantitative estimate of drug-likeness (QED) is 0.727. The number of imide groups is 1. The highest BCUT2D eigenvalue weighted by Gasteiger charge is 2.56. The van der Waals surface area contributed by atoms with Crippen LogP contribution in [0.25, 0.3) is 0 Å². The molecule has 2 saturated heterocycles. The van der Waals surface area contributed by atoms with Crippen molar-refractivity contribution in [1.29, 1.82) is 0 Å². The van der Waals surface area contributed by atoms with Crippen LogP contribution in [-0.4, -0.2) is 58.2 Å². The molecule has 2 aromatic carbocycles. The number of halogens is 1. The Morgan fingerprint density at radius 1 is 1.03 bits per heavy atom. The van der Waals surface area contributed by atoms with Crippen molar-refractivity contribution < 1.29 is 14.4 Å². The smallest absolute Gasteiger partial charge is 0.327 e. The zero-order valence-corrected chi connectivity index (χ0v) is 16.9. The van der Waals surface area contributed by atoms with E-state index in [1.54, 1.807) is 47.2 Å². The molecule has 0 atom stereocenters. The van der Waals surface area contributed by atoms with Gasteiger partial charge in [0.2, 0.25) is 0 Å². The van der Waals surface area contributed by atoms with Gasteiger partial charge in [0.15, 0.2) is 0 Å². The van der Waals surface area contributed by atoms with Crippen LogP contribution in [0.4, 0.5) is 4.79 Å². The van der Waals surface area contributed by atoms with Crippen molar-refractivity contribution in [3.63, 3.8) is 0 Å². The second-order valence-electron chi connectivity index (χ2n) is 7.55. The fraction of sp³-hybridized carbons (Fsp3) is 0.318. The average molecular weight is 412 g/mol. The molecular weight excluding hydrogens is 390 g/mol. The van der Waals surface area contributed by atoms with Gasteiger partial charge in [-0.2, -0.15) is 0 Å². The van der Waals surface area contributed by atoms with Gasteiger partial charge in [0, 0.05) is 30.7 Å². The van der Waals surface area contributed by atoms with Crippen LogP contribution in [0, 0.1) is 0 Å². The van der Waals surface area contributed by atoms with Crippen molar-refractivity contribution in [2.75, 3.05) is 20.1 Å². The molecular formula is C22H22ClN3O3. The van der Waals surface area contributed by atoms with Crippen LogP contribution in [0.3, 0.4) is 0 Å². The van der Waals surface area contributed by atoms with Crippen molar-refractivity contribution in [3.05, 3.63) is 70.7 Å². The SMILES string of the molecule is CN1C(=O)N(Cc2cccc(Cl)c2)C(=O)C12CCN(C(=O)c1ccccc1)CC2. The standard InChI is InChI=1S/C22H22ClN3O3/c1-24-21(29)26(15-16-6-5-9-18(23)14-16)20(28)22(24)10-12-25(13-11-22)19(27)17-7-3-2-4-8-17/h2-9,14H,10-13,15H2,1H3. The maximum absolute atomic E-state index is 13.3. The third-order valence-corrected chi connectivity index (χ3v) is 6.17. The first kappa shape index (κ1) is 19.5. The lowest BCUT2D eigenvalue weighted by atomic mass is 9.86. The Balaban J connectivity index is 1.49. The van der Waals surface area contributed by atoms with Gasteiger partial charge in [-0.15, -0.1) is 0 Å². The van der Waals surface area contributed by atoms with E-state index in [0.717, 1.165) is 5.56 Å². The minimum atomic E-state index is -0.886. The lowest BCUT2D eigenvalue weighted by Gasteiger charge is -2.40. The molecule has 0 aromatic heterocycles. The molecule has 0 saturated carbocycles. The van der Waals surface area contributed by atoms with Crippen molar-refractivity contribution in [2.45, 2.75) is 24.9 Å². The Hall–Kier alpha value is -2.86. The molecule has 0 unspecified atom stereocenters. The van der Waals surface area contributed by atoms with Crippen molar-refractivity contribution >= 4 is 29.4 Å². The molecule has 0 aliphatic carbocycles. The van der Waals surface area contributed by atoms with Gasteiger partial charge in [0.25, 0.3) is 11.8 Å². The van der Waals surface area contributed by atoms with Gasteiger partial charge in [-0.3, -0.25) is 14.5 Å². The number of carbonyl (C=O) groups excluding carboxylic acids is 3. The molecule has 2 heterocycles. The summed E-state index contributed by atoms with van der Waals surface area (Å²) in [5.41, 5.74) is 0.554. The van der Waals surface area contributed by atoms with Gasteiger partial charge in [-0.1, -0.05) is 41.9 Å². The van der Waals surface area contributed by atoms with Crippen molar-refractivity contribution in [3.8, 4) is 0 Å². The Kier molecular flexibility index (Phi) is 5.04. The molecule has 0 N–H and O–H groups in total. The first-order valence-electron chi connectivity index (χ1n) is 9.61. The largest absolute Gasteiger partial charge is 0.338 e. The molecule has 1 spiro atoms. The number of hydrogen-bond acceptors (Lipinski definition) is 3. The van der Waals surface area contributed by atoms with E-state index in [2.05, 4.69) is 0 Å². The molecule has 2 aliphatic heterocycles. The lowest BCUT2D eigenvalue weighted by molar-refractivity contribution is -0.135. The fourth-order valence-electron chi connectivity index (χ4n) is 4.20. The van der Waals surface area contributed by atoms with Crippen LogP contribution in [0.2, 0.25) is 5.02 Å². The predicted octanol–water partition coefficient (Wildman–Crippen LogP) is 3.41. The zero-order valence-electron chi connectivity index (χ0n) is 16.2. The topological polar surface area (TPSA) is 60.9 Å². The predicted molar refractivity (Wildman–Crippen MR) is 109 cm³/mol. The van der Waals surface area contributed by atoms with E-state index < -0.39 is 5.54 Å². The number of urea groups is 1. The van der Waals surface area contributed by atoms with E-state index in [-0.39, 0.29) is 24.4 Å². The van der Waals surface area contributed by atoms with Crippen molar-refractivity contribution in [2.24, 2.45) is 0 Å². The maximum Gasteiger partial charge on any atom is 0.327 e. The highest BCUT2D eigenvalue weighted by Crippen LogP contribution is 2.37. The molecule has 6 nitrogen and oxygen atoms in total. The number of benzene rings is 2. The number of nitrogens with zero attached hydrogens (tertiary/aromatic N) is 3. The molecule has 2 fully saturated rings. The fourth-order valence-corrected chi connectivity index (χ4v) is 4.41. The van der Waals surface area contributed by atoms with E-state index in [1.807, 2.05) is 24.3 Å².